The zero-order valence-corrected chi connectivity index (χ0v) is 20.4. The van der Waals surface area contributed by atoms with Crippen LogP contribution in [-0.2, 0) is 6.18 Å². The van der Waals surface area contributed by atoms with Gasteiger partial charge in [-0.25, -0.2) is 13.9 Å². The van der Waals surface area contributed by atoms with Gasteiger partial charge in [0.25, 0.3) is 5.56 Å². The number of anilines is 2. The van der Waals surface area contributed by atoms with Crippen molar-refractivity contribution in [2.24, 2.45) is 0 Å². The number of urea groups is 1. The largest absolute Gasteiger partial charge is 0.488 e. The number of pyridine rings is 1. The number of alkyl halides is 3. The highest BCUT2D eigenvalue weighted by Crippen LogP contribution is 2.40. The second-order valence-corrected chi connectivity index (χ2v) is 9.00. The maximum Gasteiger partial charge on any atom is 0.420 e. The Bertz CT molecular complexity index is 1380. The maximum absolute atomic E-state index is 14.7. The molecule has 2 amide bonds. The number of hydrogen-bond acceptors (Lipinski definition) is 6. The molecular weight excluding hydrogens is 516 g/mol. The van der Waals surface area contributed by atoms with Crippen molar-refractivity contribution in [3.8, 4) is 22.6 Å². The molecule has 4 N–H and O–H groups in total. The molecule has 0 spiro atoms. The molecule has 196 valence electrons. The third-order valence-corrected chi connectivity index (χ3v) is 6.50. The molecule has 1 aliphatic rings. The summed E-state index contributed by atoms with van der Waals surface area (Å²) in [5, 5.41) is 4.55. The van der Waals surface area contributed by atoms with E-state index in [1.54, 1.807) is 13.8 Å². The van der Waals surface area contributed by atoms with Crippen molar-refractivity contribution >= 4 is 29.4 Å². The van der Waals surface area contributed by atoms with Crippen molar-refractivity contribution in [3.63, 3.8) is 0 Å². The summed E-state index contributed by atoms with van der Waals surface area (Å²) in [4.78, 5) is 26.7. The van der Waals surface area contributed by atoms with Gasteiger partial charge < -0.3 is 25.1 Å². The van der Waals surface area contributed by atoms with E-state index in [4.69, 9.17) is 9.47 Å². The van der Waals surface area contributed by atoms with Crippen molar-refractivity contribution in [2.45, 2.75) is 25.7 Å². The van der Waals surface area contributed by atoms with Gasteiger partial charge in [-0.2, -0.15) is 13.2 Å². The number of rotatable bonds is 7. The van der Waals surface area contributed by atoms with E-state index < -0.39 is 34.9 Å². The highest BCUT2D eigenvalue weighted by atomic mass is 32.2. The summed E-state index contributed by atoms with van der Waals surface area (Å²) >= 11 is 1.32. The molecule has 1 fully saturated rings. The molecule has 4 rings (SSSR count). The van der Waals surface area contributed by atoms with Crippen LogP contribution in [0.1, 0.15) is 19.4 Å². The van der Waals surface area contributed by atoms with Gasteiger partial charge in [-0.05, 0) is 55.8 Å². The number of H-pyrrole nitrogens is 1. The molecule has 13 heteroatoms. The van der Waals surface area contributed by atoms with Crippen LogP contribution in [0.15, 0.2) is 53.5 Å². The molecule has 1 saturated heterocycles. The van der Waals surface area contributed by atoms with Crippen LogP contribution in [0.3, 0.4) is 0 Å². The van der Waals surface area contributed by atoms with Gasteiger partial charge in [-0.15, -0.1) is 0 Å². The molecule has 0 aliphatic carbocycles. The summed E-state index contributed by atoms with van der Waals surface area (Å²) in [7, 11) is 0. The van der Waals surface area contributed by atoms with Crippen LogP contribution < -0.4 is 30.4 Å². The molecule has 0 saturated carbocycles. The van der Waals surface area contributed by atoms with Gasteiger partial charge in [0.1, 0.15) is 11.6 Å². The van der Waals surface area contributed by atoms with Crippen LogP contribution in [0, 0.1) is 5.82 Å². The summed E-state index contributed by atoms with van der Waals surface area (Å²) < 4.78 is 69.1. The zero-order valence-electron chi connectivity index (χ0n) is 19.6. The Hall–Kier alpha value is -3.71. The Kier molecular flexibility index (Phi) is 7.37. The molecule has 1 aliphatic heterocycles. The first-order valence-electron chi connectivity index (χ1n) is 11.0. The van der Waals surface area contributed by atoms with Gasteiger partial charge in [0, 0.05) is 17.4 Å². The van der Waals surface area contributed by atoms with Gasteiger partial charge in [-0.1, -0.05) is 18.0 Å². The number of halogens is 4. The molecule has 3 aromatic rings. The molecule has 2 aromatic carbocycles. The molecular formula is C24H22F4N4O4S. The van der Waals surface area contributed by atoms with Crippen LogP contribution in [0.2, 0.25) is 0 Å². The Labute approximate surface area is 212 Å². The number of nitrogens with one attached hydrogen (secondary N) is 4. The van der Waals surface area contributed by atoms with Gasteiger partial charge in [-0.3, -0.25) is 4.79 Å². The average Bonchev–Trinajstić information content (AvgIpc) is 2.81. The standard InChI is InChI=1S/C24H22F4N4O4S/c1-3-35-20-9-14(11-29-21(20)33)13-4-6-18(17(25)8-13)31-22(34)30-15-5-7-19(16(10-15)24(26,27)28)36-23(2)12-37-32-23/h4-11,32H,3,12H2,1-2H3,(H,29,33)(H2,30,31,34). The zero-order chi connectivity index (χ0) is 26.8. The van der Waals surface area contributed by atoms with Crippen molar-refractivity contribution < 1.29 is 31.8 Å². The lowest BCUT2D eigenvalue weighted by molar-refractivity contribution is -0.139. The van der Waals surface area contributed by atoms with Gasteiger partial charge in [0.05, 0.1) is 23.6 Å². The fourth-order valence-electron chi connectivity index (χ4n) is 3.46. The number of benzene rings is 2. The highest BCUT2D eigenvalue weighted by molar-refractivity contribution is 7.98. The van der Waals surface area contributed by atoms with Crippen LogP contribution >= 0.6 is 11.9 Å². The normalized spacial score (nSPS) is 17.0. The predicted octanol–water partition coefficient (Wildman–Crippen LogP) is 5.59. The lowest BCUT2D eigenvalue weighted by Gasteiger charge is -2.39. The molecule has 2 heterocycles. The lowest BCUT2D eigenvalue weighted by atomic mass is 10.1. The van der Waals surface area contributed by atoms with Crippen LogP contribution in [0.5, 0.6) is 11.5 Å². The minimum absolute atomic E-state index is 0.0774. The number of aromatic amines is 1. The molecule has 1 atom stereocenters. The minimum Gasteiger partial charge on any atom is -0.488 e. The summed E-state index contributed by atoms with van der Waals surface area (Å²) in [6.45, 7) is 3.61. The number of carbonyl (C=O) groups excluding carboxylic acids is 1. The van der Waals surface area contributed by atoms with Crippen LogP contribution in [-0.4, -0.2) is 29.1 Å². The number of carbonyl (C=O) groups is 1. The van der Waals surface area contributed by atoms with Crippen molar-refractivity contribution in [1.82, 2.24) is 9.71 Å². The van der Waals surface area contributed by atoms with Crippen LogP contribution in [0.25, 0.3) is 11.1 Å². The van der Waals surface area contributed by atoms with Crippen molar-refractivity contribution in [2.75, 3.05) is 23.0 Å². The Morgan fingerprint density at radius 1 is 1.11 bits per heavy atom. The molecule has 37 heavy (non-hydrogen) atoms. The van der Waals surface area contributed by atoms with Gasteiger partial charge >= 0.3 is 12.2 Å². The SMILES string of the molecule is CCOc1cc(-c2ccc(NC(=O)Nc3ccc(OC4(C)CSN4)c(C(F)(F)F)c3)c(F)c2)c[nH]c1=O. The monoisotopic (exact) mass is 538 g/mol. The van der Waals surface area contributed by atoms with E-state index in [-0.39, 0.29) is 29.5 Å². The molecule has 0 bridgehead atoms. The first kappa shape index (κ1) is 26.4. The molecule has 1 unspecified atom stereocenters. The second-order valence-electron chi connectivity index (χ2n) is 8.22. The van der Waals surface area contributed by atoms with Gasteiger partial charge in [0.15, 0.2) is 11.5 Å². The Morgan fingerprint density at radius 2 is 1.86 bits per heavy atom. The first-order chi connectivity index (χ1) is 17.5. The van der Waals surface area contributed by atoms with E-state index in [2.05, 4.69) is 20.3 Å². The summed E-state index contributed by atoms with van der Waals surface area (Å²) in [6, 6.07) is 7.57. The Morgan fingerprint density at radius 3 is 2.49 bits per heavy atom. The molecule has 8 nitrogen and oxygen atoms in total. The summed E-state index contributed by atoms with van der Waals surface area (Å²) in [5.41, 5.74) is -1.90. The van der Waals surface area contributed by atoms with E-state index in [0.717, 1.165) is 18.2 Å². The quantitative estimate of drug-likeness (QED) is 0.231. The fraction of sp³-hybridized carbons (Fsp3) is 0.250. The fourth-order valence-corrected chi connectivity index (χ4v) is 4.11. The number of aromatic nitrogens is 1. The Balaban J connectivity index is 1.48. The third kappa shape index (κ3) is 6.17. The smallest absolute Gasteiger partial charge is 0.420 e. The predicted molar refractivity (Wildman–Crippen MR) is 132 cm³/mol. The second kappa shape index (κ2) is 10.3. The summed E-state index contributed by atoms with van der Waals surface area (Å²) in [5.74, 6) is -0.637. The van der Waals surface area contributed by atoms with E-state index >= 15 is 0 Å². The van der Waals surface area contributed by atoms with Gasteiger partial charge in [0.2, 0.25) is 0 Å². The number of ether oxygens (including phenoxy) is 2. The molecule has 0 radical (unpaired) electrons. The third-order valence-electron chi connectivity index (χ3n) is 5.23. The van der Waals surface area contributed by atoms with E-state index in [0.29, 0.717) is 16.9 Å². The van der Waals surface area contributed by atoms with Crippen LogP contribution in [0.4, 0.5) is 33.7 Å². The van der Waals surface area contributed by atoms with Crippen molar-refractivity contribution in [3.05, 3.63) is 70.4 Å². The van der Waals surface area contributed by atoms with E-state index in [1.165, 1.54) is 42.4 Å². The van der Waals surface area contributed by atoms with E-state index in [1.807, 2.05) is 0 Å². The highest BCUT2D eigenvalue weighted by Gasteiger charge is 2.40. The van der Waals surface area contributed by atoms with Crippen molar-refractivity contribution in [1.29, 1.82) is 0 Å². The van der Waals surface area contributed by atoms with E-state index in [9.17, 15) is 27.2 Å². The summed E-state index contributed by atoms with van der Waals surface area (Å²) in [6.07, 6.45) is -3.34. The minimum atomic E-state index is -4.73. The first-order valence-corrected chi connectivity index (χ1v) is 12.0. The average molecular weight is 539 g/mol. The lowest BCUT2D eigenvalue weighted by Crippen LogP contribution is -2.55. The molecule has 1 aromatic heterocycles. The topological polar surface area (TPSA) is 104 Å². The number of amides is 2. The maximum atomic E-state index is 14.7. The number of hydrogen-bond donors (Lipinski definition) is 4.